The summed E-state index contributed by atoms with van der Waals surface area (Å²) in [5, 5.41) is 0. The molecule has 2 heterocycles. The number of unbranched alkanes of at least 4 members (excludes halogenated alkanes) is 2. The topological polar surface area (TPSA) is 64.6 Å². The average molecular weight is 498 g/mol. The molecule has 2 unspecified atom stereocenters. The normalized spacial score (nSPS) is 21.5. The minimum Gasteiger partial charge on any atom is -0.430 e. The van der Waals surface area contributed by atoms with Crippen molar-refractivity contribution in [2.24, 2.45) is 11.8 Å². The van der Waals surface area contributed by atoms with Crippen molar-refractivity contribution in [3.05, 3.63) is 45.0 Å². The highest BCUT2D eigenvalue weighted by Gasteiger charge is 2.36. The Labute approximate surface area is 203 Å². The number of ether oxygens (including phenoxy) is 1. The lowest BCUT2D eigenvalue weighted by Crippen LogP contribution is -2.32. The molecule has 0 radical (unpaired) electrons. The third-order valence-electron chi connectivity index (χ3n) is 5.88. The average Bonchev–Trinajstić information content (AvgIpc) is 3.19. The summed E-state index contributed by atoms with van der Waals surface area (Å²) < 4.78 is 6.46. The van der Waals surface area contributed by atoms with E-state index in [-0.39, 0.29) is 17.7 Å². The minimum atomic E-state index is -0.278. The lowest BCUT2D eigenvalue weighted by molar-refractivity contribution is -0.140. The predicted molar refractivity (Wildman–Crippen MR) is 131 cm³/mol. The van der Waals surface area contributed by atoms with Crippen molar-refractivity contribution in [3.8, 4) is 0 Å². The quantitative estimate of drug-likeness (QED) is 0.216. The van der Waals surface area contributed by atoms with Gasteiger partial charge in [0.1, 0.15) is 12.4 Å². The molecule has 0 spiro atoms. The maximum absolute atomic E-state index is 13.1. The van der Waals surface area contributed by atoms with Crippen molar-refractivity contribution >= 4 is 46.5 Å². The summed E-state index contributed by atoms with van der Waals surface area (Å²) in [5.74, 6) is 3.08. The molecule has 1 aromatic heterocycles. The third kappa shape index (κ3) is 7.37. The number of hydrogen-bond acceptors (Lipinski definition) is 7. The first-order valence-electron chi connectivity index (χ1n) is 11.3. The van der Waals surface area contributed by atoms with E-state index in [0.717, 1.165) is 36.3 Å². The van der Waals surface area contributed by atoms with Gasteiger partial charge in [-0.2, -0.15) is 11.8 Å². The highest BCUT2D eigenvalue weighted by Crippen LogP contribution is 2.39. The highest BCUT2D eigenvalue weighted by atomic mass is 35.5. The smallest absolute Gasteiger partial charge is 0.310 e. The van der Waals surface area contributed by atoms with Gasteiger partial charge >= 0.3 is 5.97 Å². The first-order chi connectivity index (χ1) is 15.5. The van der Waals surface area contributed by atoms with Gasteiger partial charge in [0.05, 0.1) is 15.6 Å². The molecule has 2 aliphatic rings. The number of nitrogens with one attached hydrogen (secondary N) is 1. The van der Waals surface area contributed by atoms with Gasteiger partial charge in [0, 0.05) is 24.1 Å². The lowest BCUT2D eigenvalue weighted by atomic mass is 9.77. The number of carbonyl (C=O) groups is 2. The fraction of sp³-hybridized carbons (Fsp3) is 0.583. The zero-order valence-electron chi connectivity index (χ0n) is 18.6. The van der Waals surface area contributed by atoms with Gasteiger partial charge in [-0.1, -0.05) is 37.9 Å². The number of hydroxylamine groups is 1. The van der Waals surface area contributed by atoms with E-state index in [0.29, 0.717) is 53.2 Å². The van der Waals surface area contributed by atoms with Gasteiger partial charge < -0.3 is 4.74 Å². The van der Waals surface area contributed by atoms with E-state index < -0.39 is 0 Å². The fourth-order valence-electron chi connectivity index (χ4n) is 4.19. The lowest BCUT2D eigenvalue weighted by Gasteiger charge is -2.34. The molecule has 0 bridgehead atoms. The van der Waals surface area contributed by atoms with Crippen LogP contribution in [0.2, 0.25) is 4.34 Å². The molecule has 1 aliphatic heterocycles. The molecule has 3 rings (SSSR count). The molecule has 1 saturated heterocycles. The van der Waals surface area contributed by atoms with Gasteiger partial charge in [0.15, 0.2) is 5.78 Å². The monoisotopic (exact) mass is 497 g/mol. The van der Waals surface area contributed by atoms with Crippen LogP contribution in [-0.4, -0.2) is 23.3 Å². The Kier molecular flexibility index (Phi) is 10.2. The van der Waals surface area contributed by atoms with E-state index in [4.69, 9.17) is 21.2 Å². The van der Waals surface area contributed by atoms with Gasteiger partial charge in [-0.3, -0.25) is 19.9 Å². The molecule has 0 saturated carbocycles. The molecule has 176 valence electrons. The second kappa shape index (κ2) is 12.8. The van der Waals surface area contributed by atoms with Crippen LogP contribution in [0, 0.1) is 11.8 Å². The van der Waals surface area contributed by atoms with E-state index in [1.54, 1.807) is 0 Å². The maximum Gasteiger partial charge on any atom is 0.310 e. The standard InChI is InChI=1S/C24H32ClNO4S2/c1-3-4-5-8-23(28)30-21-13-18(17-7-6-11-31-15-17)12-20(27)24(21)16(2)26-29-14-19-9-10-22(25)32-19/h9-10,17-18,26H,2-8,11-15H2,1H3. The molecule has 8 heteroatoms. The molecule has 5 nitrogen and oxygen atoms in total. The summed E-state index contributed by atoms with van der Waals surface area (Å²) in [7, 11) is 0. The SMILES string of the molecule is C=C(NOCc1ccc(Cl)s1)C1=C(OC(=O)CCCCC)CC(C2CCCSC2)CC1=O. The number of rotatable bonds is 11. The first-order valence-corrected chi connectivity index (χ1v) is 13.7. The Morgan fingerprint density at radius 2 is 2.12 bits per heavy atom. The molecule has 0 aromatic carbocycles. The number of esters is 1. The van der Waals surface area contributed by atoms with Crippen LogP contribution in [-0.2, 0) is 25.8 Å². The zero-order chi connectivity index (χ0) is 22.9. The number of hydrogen-bond donors (Lipinski definition) is 1. The first kappa shape index (κ1) is 25.3. The summed E-state index contributed by atoms with van der Waals surface area (Å²) in [6.07, 6.45) is 6.52. The van der Waals surface area contributed by atoms with Gasteiger partial charge in [-0.15, -0.1) is 11.3 Å². The second-order valence-corrected chi connectivity index (χ2v) is 11.3. The van der Waals surface area contributed by atoms with Crippen LogP contribution in [0.1, 0.15) is 63.2 Å². The van der Waals surface area contributed by atoms with Gasteiger partial charge in [0.25, 0.3) is 0 Å². The Balaban J connectivity index is 1.69. The number of carbonyl (C=O) groups excluding carboxylic acids is 2. The van der Waals surface area contributed by atoms with Crippen molar-refractivity contribution < 1.29 is 19.2 Å². The fourth-order valence-corrected chi connectivity index (χ4v) is 6.47. The Bertz CT molecular complexity index is 845. The number of halogens is 1. The largest absolute Gasteiger partial charge is 0.430 e. The van der Waals surface area contributed by atoms with Crippen molar-refractivity contribution in [2.45, 2.75) is 64.9 Å². The molecule has 1 N–H and O–H groups in total. The number of thiophene rings is 1. The highest BCUT2D eigenvalue weighted by molar-refractivity contribution is 7.99. The molecular weight excluding hydrogens is 466 g/mol. The van der Waals surface area contributed by atoms with E-state index in [2.05, 4.69) is 19.0 Å². The summed E-state index contributed by atoms with van der Waals surface area (Å²) in [5.41, 5.74) is 3.48. The second-order valence-electron chi connectivity index (χ2n) is 8.37. The summed E-state index contributed by atoms with van der Waals surface area (Å²) in [6.45, 7) is 6.40. The van der Waals surface area contributed by atoms with E-state index in [1.807, 2.05) is 23.9 Å². The number of thioether (sulfide) groups is 1. The molecule has 1 aliphatic carbocycles. The van der Waals surface area contributed by atoms with E-state index in [1.165, 1.54) is 23.5 Å². The van der Waals surface area contributed by atoms with Crippen LogP contribution in [0.4, 0.5) is 0 Å². The van der Waals surface area contributed by atoms with E-state index >= 15 is 0 Å². The van der Waals surface area contributed by atoms with Crippen LogP contribution < -0.4 is 5.48 Å². The van der Waals surface area contributed by atoms with Crippen molar-refractivity contribution in [3.63, 3.8) is 0 Å². The summed E-state index contributed by atoms with van der Waals surface area (Å²) >= 11 is 9.34. The van der Waals surface area contributed by atoms with Crippen LogP contribution in [0.5, 0.6) is 0 Å². The van der Waals surface area contributed by atoms with Crippen LogP contribution in [0.25, 0.3) is 0 Å². The van der Waals surface area contributed by atoms with Crippen LogP contribution in [0.15, 0.2) is 35.7 Å². The van der Waals surface area contributed by atoms with Crippen molar-refractivity contribution in [2.75, 3.05) is 11.5 Å². The Morgan fingerprint density at radius 3 is 2.81 bits per heavy atom. The van der Waals surface area contributed by atoms with Crippen LogP contribution in [0.3, 0.4) is 0 Å². The Morgan fingerprint density at radius 1 is 1.28 bits per heavy atom. The summed E-state index contributed by atoms with van der Waals surface area (Å²) in [4.78, 5) is 32.1. The number of Topliss-reactive ketones (excluding diaryl/α,β-unsaturated/α-hetero) is 1. The number of ketones is 1. The third-order valence-corrected chi connectivity index (χ3v) is 8.32. The predicted octanol–water partition coefficient (Wildman–Crippen LogP) is 6.44. The van der Waals surface area contributed by atoms with Crippen molar-refractivity contribution in [1.29, 1.82) is 0 Å². The molecule has 32 heavy (non-hydrogen) atoms. The summed E-state index contributed by atoms with van der Waals surface area (Å²) in [6, 6.07) is 3.70. The van der Waals surface area contributed by atoms with Crippen LogP contribution >= 0.6 is 34.7 Å². The Hall–Kier alpha value is -1.28. The molecule has 2 atom stereocenters. The van der Waals surface area contributed by atoms with Gasteiger partial charge in [-0.05, 0) is 54.7 Å². The molecular formula is C24H32ClNO4S2. The van der Waals surface area contributed by atoms with Gasteiger partial charge in [-0.25, -0.2) is 0 Å². The van der Waals surface area contributed by atoms with E-state index in [9.17, 15) is 9.59 Å². The molecule has 0 amide bonds. The minimum absolute atomic E-state index is 0.0338. The molecule has 1 fully saturated rings. The maximum atomic E-state index is 13.1. The van der Waals surface area contributed by atoms with Crippen molar-refractivity contribution in [1.82, 2.24) is 5.48 Å². The zero-order valence-corrected chi connectivity index (χ0v) is 21.0. The number of allylic oxidation sites excluding steroid dienone is 2. The molecule has 1 aromatic rings. The van der Waals surface area contributed by atoms with Gasteiger partial charge in [0.2, 0.25) is 0 Å².